The number of aryl methyl sites for hydroxylation is 1. The number of benzene rings is 2. The standard InChI is InChI=1S/C29H29Cl3N4O4/c1-18-11-23(31)28(24(32)12-18)40-10-9-39-26-8-7-22(14-34-26)36-25(15-33-16-27(36)37)29(38)35(21-5-6-21)17-19-3-2-4-20(30)13-19/h2-4,7-8,11-14,21,25,33H,5-6,9-10,15-17H2,1H3/t25-/m1/s1. The molecule has 0 bridgehead atoms. The van der Waals surface area contributed by atoms with Crippen molar-refractivity contribution < 1.29 is 19.1 Å². The van der Waals surface area contributed by atoms with Gasteiger partial charge in [0, 0.05) is 30.2 Å². The summed E-state index contributed by atoms with van der Waals surface area (Å²) < 4.78 is 11.4. The zero-order chi connectivity index (χ0) is 28.2. The third-order valence-electron chi connectivity index (χ3n) is 6.71. The Morgan fingerprint density at radius 3 is 2.50 bits per heavy atom. The van der Waals surface area contributed by atoms with Crippen LogP contribution in [0.2, 0.25) is 15.1 Å². The van der Waals surface area contributed by atoms with Crippen LogP contribution in [0.3, 0.4) is 0 Å². The lowest BCUT2D eigenvalue weighted by Crippen LogP contribution is -2.61. The second-order valence-electron chi connectivity index (χ2n) is 9.85. The molecule has 2 amide bonds. The lowest BCUT2D eigenvalue weighted by Gasteiger charge is -2.38. The van der Waals surface area contributed by atoms with Crippen LogP contribution in [0.5, 0.6) is 11.6 Å². The van der Waals surface area contributed by atoms with Gasteiger partial charge in [0.1, 0.15) is 19.3 Å². The third-order valence-corrected chi connectivity index (χ3v) is 7.51. The van der Waals surface area contributed by atoms with E-state index in [1.807, 2.05) is 36.1 Å². The minimum atomic E-state index is -0.688. The number of halogens is 3. The maximum atomic E-state index is 13.8. The summed E-state index contributed by atoms with van der Waals surface area (Å²) in [6.45, 7) is 3.25. The van der Waals surface area contributed by atoms with Crippen molar-refractivity contribution in [2.45, 2.75) is 38.4 Å². The Morgan fingerprint density at radius 2 is 1.82 bits per heavy atom. The van der Waals surface area contributed by atoms with Gasteiger partial charge in [-0.25, -0.2) is 4.98 Å². The Bertz CT molecular complexity index is 1360. The molecule has 2 fully saturated rings. The second-order valence-corrected chi connectivity index (χ2v) is 11.1. The predicted molar refractivity (Wildman–Crippen MR) is 156 cm³/mol. The fourth-order valence-electron chi connectivity index (χ4n) is 4.70. The molecule has 3 aromatic rings. The first kappa shape index (κ1) is 28.5. The molecule has 1 saturated heterocycles. The number of amides is 2. The van der Waals surface area contributed by atoms with E-state index in [4.69, 9.17) is 44.3 Å². The Balaban J connectivity index is 1.23. The fraction of sp³-hybridized carbons (Fsp3) is 0.345. The second kappa shape index (κ2) is 12.6. The van der Waals surface area contributed by atoms with E-state index < -0.39 is 6.04 Å². The topological polar surface area (TPSA) is 84.0 Å². The van der Waals surface area contributed by atoms with E-state index in [0.717, 1.165) is 24.0 Å². The van der Waals surface area contributed by atoms with Crippen molar-refractivity contribution in [1.82, 2.24) is 15.2 Å². The summed E-state index contributed by atoms with van der Waals surface area (Å²) in [6.07, 6.45) is 3.44. The number of carbonyl (C=O) groups is 2. The average molecular weight is 604 g/mol. The van der Waals surface area contributed by atoms with Crippen LogP contribution >= 0.6 is 34.8 Å². The summed E-state index contributed by atoms with van der Waals surface area (Å²) in [5, 5.41) is 4.58. The zero-order valence-electron chi connectivity index (χ0n) is 21.9. The number of anilines is 1. The van der Waals surface area contributed by atoms with Crippen LogP contribution in [-0.2, 0) is 16.1 Å². The number of aromatic nitrogens is 1. The predicted octanol–water partition coefficient (Wildman–Crippen LogP) is 5.30. The maximum Gasteiger partial charge on any atom is 0.247 e. The van der Waals surface area contributed by atoms with Crippen molar-refractivity contribution in [1.29, 1.82) is 0 Å². The molecule has 0 unspecified atom stereocenters. The maximum absolute atomic E-state index is 13.8. The van der Waals surface area contributed by atoms with Crippen LogP contribution in [0.15, 0.2) is 54.7 Å². The van der Waals surface area contributed by atoms with E-state index in [2.05, 4.69) is 10.3 Å². The van der Waals surface area contributed by atoms with E-state index in [-0.39, 0.29) is 37.6 Å². The molecule has 8 nitrogen and oxygen atoms in total. The highest BCUT2D eigenvalue weighted by atomic mass is 35.5. The number of rotatable bonds is 10. The Labute approximate surface area is 248 Å². The lowest BCUT2D eigenvalue weighted by atomic mass is 10.1. The molecule has 1 N–H and O–H groups in total. The highest BCUT2D eigenvalue weighted by molar-refractivity contribution is 6.37. The molecule has 210 valence electrons. The van der Waals surface area contributed by atoms with Crippen molar-refractivity contribution in [3.05, 3.63) is 80.9 Å². The fourth-order valence-corrected chi connectivity index (χ4v) is 5.62. The molecule has 1 saturated carbocycles. The number of piperazine rings is 1. The summed E-state index contributed by atoms with van der Waals surface area (Å²) >= 11 is 18.6. The van der Waals surface area contributed by atoms with Crippen LogP contribution in [0.1, 0.15) is 24.0 Å². The molecule has 40 heavy (non-hydrogen) atoms. The van der Waals surface area contributed by atoms with Gasteiger partial charge in [-0.15, -0.1) is 0 Å². The van der Waals surface area contributed by atoms with Crippen LogP contribution in [-0.4, -0.2) is 60.1 Å². The van der Waals surface area contributed by atoms with Gasteiger partial charge in [0.25, 0.3) is 0 Å². The number of carbonyl (C=O) groups excluding carboxylic acids is 2. The van der Waals surface area contributed by atoms with E-state index in [1.54, 1.807) is 30.5 Å². The number of nitrogens with one attached hydrogen (secondary N) is 1. The van der Waals surface area contributed by atoms with Crippen LogP contribution in [0.25, 0.3) is 0 Å². The van der Waals surface area contributed by atoms with E-state index >= 15 is 0 Å². The first-order valence-corrected chi connectivity index (χ1v) is 14.2. The molecule has 2 aliphatic rings. The van der Waals surface area contributed by atoms with Gasteiger partial charge in [-0.05, 0) is 61.2 Å². The summed E-state index contributed by atoms with van der Waals surface area (Å²) in [5.74, 6) is 0.469. The minimum absolute atomic E-state index is 0.103. The molecule has 1 aromatic heterocycles. The van der Waals surface area contributed by atoms with Crippen molar-refractivity contribution in [2.24, 2.45) is 0 Å². The SMILES string of the molecule is Cc1cc(Cl)c(OCCOc2ccc(N3C(=O)CNC[C@@H]3C(=O)N(Cc3cccc(Cl)c3)C3CC3)cn2)c(Cl)c1. The number of hydrogen-bond donors (Lipinski definition) is 1. The molecule has 2 aromatic carbocycles. The summed E-state index contributed by atoms with van der Waals surface area (Å²) in [5.41, 5.74) is 2.43. The third kappa shape index (κ3) is 6.81. The highest BCUT2D eigenvalue weighted by Gasteiger charge is 2.41. The molecule has 5 rings (SSSR count). The monoisotopic (exact) mass is 602 g/mol. The average Bonchev–Trinajstić information content (AvgIpc) is 3.76. The molecule has 2 heterocycles. The van der Waals surface area contributed by atoms with Crippen molar-refractivity contribution in [3.63, 3.8) is 0 Å². The van der Waals surface area contributed by atoms with E-state index in [9.17, 15) is 9.59 Å². The molecular weight excluding hydrogens is 575 g/mol. The summed E-state index contributed by atoms with van der Waals surface area (Å²) in [4.78, 5) is 34.6. The summed E-state index contributed by atoms with van der Waals surface area (Å²) in [7, 11) is 0. The number of pyridine rings is 1. The number of nitrogens with zero attached hydrogens (tertiary/aromatic N) is 3. The number of hydrogen-bond acceptors (Lipinski definition) is 6. The van der Waals surface area contributed by atoms with Crippen LogP contribution in [0.4, 0.5) is 5.69 Å². The van der Waals surface area contributed by atoms with Crippen molar-refractivity contribution in [2.75, 3.05) is 31.2 Å². The van der Waals surface area contributed by atoms with Gasteiger partial charge < -0.3 is 19.7 Å². The first-order chi connectivity index (χ1) is 19.3. The molecule has 1 aliphatic heterocycles. The molecule has 11 heteroatoms. The Hall–Kier alpha value is -3.04. The largest absolute Gasteiger partial charge is 0.487 e. The van der Waals surface area contributed by atoms with Gasteiger partial charge in [0.15, 0.2) is 5.75 Å². The molecule has 1 aliphatic carbocycles. The van der Waals surface area contributed by atoms with Crippen molar-refractivity contribution >= 4 is 52.3 Å². The minimum Gasteiger partial charge on any atom is -0.487 e. The smallest absolute Gasteiger partial charge is 0.247 e. The van der Waals surface area contributed by atoms with Gasteiger partial charge in [0.05, 0.1) is 28.5 Å². The summed E-state index contributed by atoms with van der Waals surface area (Å²) in [6, 6.07) is 13.9. The number of ether oxygens (including phenoxy) is 2. The van der Waals surface area contributed by atoms with Crippen LogP contribution < -0.4 is 19.7 Å². The quantitative estimate of drug-likeness (QED) is 0.317. The molecule has 1 atom stereocenters. The van der Waals surface area contributed by atoms with Crippen LogP contribution in [0, 0.1) is 6.92 Å². The molecular formula is C29H29Cl3N4O4. The first-order valence-electron chi connectivity index (χ1n) is 13.0. The Kier molecular flexibility index (Phi) is 9.00. The molecule has 0 radical (unpaired) electrons. The molecule has 0 spiro atoms. The highest BCUT2D eigenvalue weighted by Crippen LogP contribution is 2.34. The van der Waals surface area contributed by atoms with Crippen molar-refractivity contribution in [3.8, 4) is 11.6 Å². The normalized spacial score (nSPS) is 17.1. The van der Waals surface area contributed by atoms with E-state index in [1.165, 1.54) is 4.90 Å². The van der Waals surface area contributed by atoms with E-state index in [0.29, 0.717) is 45.5 Å². The van der Waals surface area contributed by atoms with Gasteiger partial charge in [0.2, 0.25) is 17.7 Å². The lowest BCUT2D eigenvalue weighted by molar-refractivity contribution is -0.136. The van der Waals surface area contributed by atoms with Gasteiger partial charge in [-0.1, -0.05) is 46.9 Å². The van der Waals surface area contributed by atoms with Gasteiger partial charge in [-0.3, -0.25) is 14.5 Å². The zero-order valence-corrected chi connectivity index (χ0v) is 24.2. The van der Waals surface area contributed by atoms with Gasteiger partial charge >= 0.3 is 0 Å². The Morgan fingerprint density at radius 1 is 1.07 bits per heavy atom. The van der Waals surface area contributed by atoms with Gasteiger partial charge in [-0.2, -0.15) is 0 Å².